The van der Waals surface area contributed by atoms with E-state index >= 15 is 0 Å². The summed E-state index contributed by atoms with van der Waals surface area (Å²) < 4.78 is 13.8. The summed E-state index contributed by atoms with van der Waals surface area (Å²) >= 11 is 1.41. The normalized spacial score (nSPS) is 20.2. The molecule has 2 N–H and O–H groups in total. The van der Waals surface area contributed by atoms with E-state index in [0.29, 0.717) is 28.7 Å². The highest BCUT2D eigenvalue weighted by Gasteiger charge is 2.36. The summed E-state index contributed by atoms with van der Waals surface area (Å²) in [6, 6.07) is 7.07. The van der Waals surface area contributed by atoms with Gasteiger partial charge in [-0.1, -0.05) is 17.8 Å². The Kier molecular flexibility index (Phi) is 5.13. The van der Waals surface area contributed by atoms with Gasteiger partial charge in [-0.25, -0.2) is 9.38 Å². The van der Waals surface area contributed by atoms with Gasteiger partial charge in [0.25, 0.3) is 0 Å². The minimum atomic E-state index is -1.05. The van der Waals surface area contributed by atoms with Crippen LogP contribution < -0.4 is 5.73 Å². The summed E-state index contributed by atoms with van der Waals surface area (Å²) in [5.41, 5.74) is 7.43. The largest absolute Gasteiger partial charge is 0.379 e. The number of ketones is 1. The van der Waals surface area contributed by atoms with Crippen molar-refractivity contribution in [2.24, 2.45) is 10.7 Å². The summed E-state index contributed by atoms with van der Waals surface area (Å²) in [6.45, 7) is 1.25. The maximum absolute atomic E-state index is 13.8. The number of aryl methyl sites for hydroxylation is 1. The molecule has 0 unspecified atom stereocenters. The van der Waals surface area contributed by atoms with Gasteiger partial charge in [0.05, 0.1) is 5.69 Å². The third-order valence-corrected chi connectivity index (χ3v) is 4.97. The van der Waals surface area contributed by atoms with Gasteiger partial charge in [0, 0.05) is 24.6 Å². The zero-order valence-corrected chi connectivity index (χ0v) is 14.7. The third kappa shape index (κ3) is 3.87. The van der Waals surface area contributed by atoms with Crippen LogP contribution >= 0.6 is 11.8 Å². The van der Waals surface area contributed by atoms with Crippen LogP contribution in [-0.2, 0) is 12.0 Å². The lowest BCUT2D eigenvalue weighted by Gasteiger charge is -2.30. The molecule has 3 heterocycles. The van der Waals surface area contributed by atoms with Crippen LogP contribution in [0.5, 0.6) is 0 Å². The van der Waals surface area contributed by atoms with Gasteiger partial charge < -0.3 is 5.73 Å². The fourth-order valence-corrected chi connectivity index (χ4v) is 3.61. The Hall–Kier alpha value is -2.28. The van der Waals surface area contributed by atoms with E-state index in [1.165, 1.54) is 11.8 Å². The second kappa shape index (κ2) is 7.31. The molecule has 0 saturated carbocycles. The van der Waals surface area contributed by atoms with E-state index in [1.807, 2.05) is 13.0 Å². The average Bonchev–Trinajstić information content (AvgIpc) is 2.62. The smallest absolute Gasteiger partial charge is 0.185 e. The van der Waals surface area contributed by atoms with Gasteiger partial charge in [0.1, 0.15) is 17.9 Å². The zero-order valence-electron chi connectivity index (χ0n) is 13.9. The number of thioether (sulfide) groups is 1. The summed E-state index contributed by atoms with van der Waals surface area (Å²) in [6.07, 6.45) is 3.96. The topological polar surface area (TPSA) is 81.2 Å². The van der Waals surface area contributed by atoms with Crippen molar-refractivity contribution in [1.29, 1.82) is 0 Å². The van der Waals surface area contributed by atoms with Crippen molar-refractivity contribution in [3.05, 3.63) is 59.2 Å². The molecular formula is C18H19FN4OS. The van der Waals surface area contributed by atoms with Crippen LogP contribution in [0.3, 0.4) is 0 Å². The average molecular weight is 358 g/mol. The Morgan fingerprint density at radius 1 is 1.36 bits per heavy atom. The lowest BCUT2D eigenvalue weighted by atomic mass is 9.92. The molecule has 0 amide bonds. The minimum Gasteiger partial charge on any atom is -0.379 e. The standard InChI is InChI=1S/C18H19FN4OS/c1-12-2-3-14(22-10-12)15(24)8-13-4-6-21-16(9-13)18(11-19)5-7-25-17(20)23-18/h2-4,6,9-10H,5,7-8,11H2,1H3,(H2,20,23)/t18-/m1/s1. The van der Waals surface area contributed by atoms with E-state index in [0.717, 1.165) is 11.1 Å². The van der Waals surface area contributed by atoms with Crippen molar-refractivity contribution in [3.63, 3.8) is 0 Å². The highest BCUT2D eigenvalue weighted by atomic mass is 32.2. The molecule has 0 aromatic carbocycles. The molecule has 2 aromatic heterocycles. The van der Waals surface area contributed by atoms with Crippen LogP contribution in [0.2, 0.25) is 0 Å². The number of carbonyl (C=O) groups excluding carboxylic acids is 1. The van der Waals surface area contributed by atoms with Gasteiger partial charge in [-0.05, 0) is 42.7 Å². The molecule has 2 aromatic rings. The predicted octanol–water partition coefficient (Wildman–Crippen LogP) is 2.83. The number of hydrogen-bond acceptors (Lipinski definition) is 6. The molecule has 0 aliphatic carbocycles. The number of amidine groups is 1. The summed E-state index contributed by atoms with van der Waals surface area (Å²) in [5.74, 6) is 0.603. The number of alkyl halides is 1. The lowest BCUT2D eigenvalue weighted by Crippen LogP contribution is -2.34. The molecule has 0 bridgehead atoms. The van der Waals surface area contributed by atoms with Crippen LogP contribution in [0.4, 0.5) is 4.39 Å². The maximum atomic E-state index is 13.8. The van der Waals surface area contributed by atoms with E-state index in [1.54, 1.807) is 30.6 Å². The van der Waals surface area contributed by atoms with E-state index < -0.39 is 12.2 Å². The van der Waals surface area contributed by atoms with E-state index in [4.69, 9.17) is 5.73 Å². The van der Waals surface area contributed by atoms with Gasteiger partial charge >= 0.3 is 0 Å². The minimum absolute atomic E-state index is 0.0892. The van der Waals surface area contributed by atoms with Crippen LogP contribution in [0.1, 0.15) is 33.7 Å². The van der Waals surface area contributed by atoms with Crippen molar-refractivity contribution in [1.82, 2.24) is 9.97 Å². The first-order valence-electron chi connectivity index (χ1n) is 7.98. The highest BCUT2D eigenvalue weighted by molar-refractivity contribution is 8.13. The second-order valence-corrected chi connectivity index (χ2v) is 7.20. The molecule has 1 aliphatic rings. The van der Waals surface area contributed by atoms with E-state index in [-0.39, 0.29) is 12.2 Å². The number of nitrogens with two attached hydrogens (primary N) is 1. The molecule has 130 valence electrons. The summed E-state index contributed by atoms with van der Waals surface area (Å²) in [7, 11) is 0. The fraction of sp³-hybridized carbons (Fsp3) is 0.333. The molecule has 7 heteroatoms. The fourth-order valence-electron chi connectivity index (χ4n) is 2.72. The number of aliphatic imine (C=N–C) groups is 1. The van der Waals surface area contributed by atoms with Crippen LogP contribution in [0.25, 0.3) is 0 Å². The van der Waals surface area contributed by atoms with Gasteiger partial charge in [-0.3, -0.25) is 14.8 Å². The molecule has 1 aliphatic heterocycles. The maximum Gasteiger partial charge on any atom is 0.185 e. The molecule has 0 spiro atoms. The molecular weight excluding hydrogens is 339 g/mol. The first kappa shape index (κ1) is 17.5. The van der Waals surface area contributed by atoms with Crippen LogP contribution in [0.15, 0.2) is 41.7 Å². The van der Waals surface area contributed by atoms with Gasteiger partial charge in [0.2, 0.25) is 0 Å². The number of carbonyl (C=O) groups is 1. The zero-order chi connectivity index (χ0) is 17.9. The number of halogens is 1. The number of rotatable bonds is 5. The second-order valence-electron chi connectivity index (χ2n) is 6.08. The molecule has 5 nitrogen and oxygen atoms in total. The Labute approximate surface area is 150 Å². The number of pyridine rings is 2. The molecule has 0 saturated heterocycles. The first-order chi connectivity index (χ1) is 12.0. The number of aromatic nitrogens is 2. The Balaban J connectivity index is 1.85. The van der Waals surface area contributed by atoms with E-state index in [2.05, 4.69) is 15.0 Å². The first-order valence-corrected chi connectivity index (χ1v) is 8.96. The van der Waals surface area contributed by atoms with Crippen molar-refractivity contribution in [2.45, 2.75) is 25.3 Å². The summed E-state index contributed by atoms with van der Waals surface area (Å²) in [4.78, 5) is 25.2. The predicted molar refractivity (Wildman–Crippen MR) is 97.6 cm³/mol. The molecule has 0 radical (unpaired) electrons. The highest BCUT2D eigenvalue weighted by Crippen LogP contribution is 2.35. The van der Waals surface area contributed by atoms with Crippen LogP contribution in [0, 0.1) is 6.92 Å². The Morgan fingerprint density at radius 3 is 2.88 bits per heavy atom. The molecule has 25 heavy (non-hydrogen) atoms. The van der Waals surface area contributed by atoms with Gasteiger partial charge in [-0.2, -0.15) is 0 Å². The molecule has 3 rings (SSSR count). The van der Waals surface area contributed by atoms with Gasteiger partial charge in [-0.15, -0.1) is 0 Å². The summed E-state index contributed by atoms with van der Waals surface area (Å²) in [5, 5.41) is 0.371. The SMILES string of the molecule is Cc1ccc(C(=O)Cc2ccnc([C@]3(CF)CCSC(N)=N3)c2)nc1. The lowest BCUT2D eigenvalue weighted by molar-refractivity contribution is 0.0988. The number of Topliss-reactive ketones (excluding diaryl/α,β-unsaturated/α-hetero) is 1. The molecule has 1 atom stereocenters. The Bertz CT molecular complexity index is 809. The quantitative estimate of drug-likeness (QED) is 0.831. The van der Waals surface area contributed by atoms with Gasteiger partial charge in [0.15, 0.2) is 11.0 Å². The third-order valence-electron chi connectivity index (χ3n) is 4.17. The van der Waals surface area contributed by atoms with Crippen molar-refractivity contribution >= 4 is 22.7 Å². The monoisotopic (exact) mass is 358 g/mol. The molecule has 0 fully saturated rings. The van der Waals surface area contributed by atoms with Crippen molar-refractivity contribution < 1.29 is 9.18 Å². The van der Waals surface area contributed by atoms with Crippen molar-refractivity contribution in [2.75, 3.05) is 12.4 Å². The number of hydrogen-bond donors (Lipinski definition) is 1. The number of nitrogens with zero attached hydrogens (tertiary/aromatic N) is 3. The van der Waals surface area contributed by atoms with E-state index in [9.17, 15) is 9.18 Å². The van der Waals surface area contributed by atoms with Crippen molar-refractivity contribution in [3.8, 4) is 0 Å². The Morgan fingerprint density at radius 2 is 2.20 bits per heavy atom. The van der Waals surface area contributed by atoms with Crippen LogP contribution in [-0.4, -0.2) is 33.3 Å².